The Balaban J connectivity index is 1.44. The van der Waals surface area contributed by atoms with Gasteiger partial charge in [0.25, 0.3) is 0 Å². The molecule has 0 radical (unpaired) electrons. The van der Waals surface area contributed by atoms with E-state index in [2.05, 4.69) is 41.4 Å². The lowest BCUT2D eigenvalue weighted by molar-refractivity contribution is -0.134. The molecule has 0 aliphatic carbocycles. The molecule has 1 N–H and O–H groups in total. The molecule has 1 aliphatic heterocycles. The predicted octanol–water partition coefficient (Wildman–Crippen LogP) is 2.61. The van der Waals surface area contributed by atoms with Gasteiger partial charge in [0.15, 0.2) is 0 Å². The van der Waals surface area contributed by atoms with Crippen molar-refractivity contribution in [3.63, 3.8) is 0 Å². The first kappa shape index (κ1) is 23.8. The number of carbonyl (C=O) groups is 2. The number of hydrogen-bond donors (Lipinski definition) is 1. The number of anilines is 1. The molecule has 7 nitrogen and oxygen atoms in total. The Morgan fingerprint density at radius 1 is 1.03 bits per heavy atom. The Bertz CT molecular complexity index is 910. The van der Waals surface area contributed by atoms with Crippen molar-refractivity contribution in [3.05, 3.63) is 59.7 Å². The summed E-state index contributed by atoms with van der Waals surface area (Å²) >= 11 is 0. The van der Waals surface area contributed by atoms with Crippen molar-refractivity contribution < 1.29 is 14.3 Å². The van der Waals surface area contributed by atoms with Gasteiger partial charge >= 0.3 is 0 Å². The summed E-state index contributed by atoms with van der Waals surface area (Å²) in [7, 11) is 1.59. The number of nitrogens with zero attached hydrogens (tertiary/aromatic N) is 3. The van der Waals surface area contributed by atoms with Gasteiger partial charge in [0.1, 0.15) is 5.75 Å². The molecule has 0 unspecified atom stereocenters. The Hall–Kier alpha value is -2.90. The van der Waals surface area contributed by atoms with Crippen LogP contribution in [0.1, 0.15) is 18.1 Å². The summed E-state index contributed by atoms with van der Waals surface area (Å²) in [5, 5.41) is 2.88. The first-order valence-electron chi connectivity index (χ1n) is 11.2. The van der Waals surface area contributed by atoms with Crippen molar-refractivity contribution in [1.29, 1.82) is 0 Å². The van der Waals surface area contributed by atoms with Crippen molar-refractivity contribution in [1.82, 2.24) is 14.7 Å². The van der Waals surface area contributed by atoms with Crippen LogP contribution in [0.3, 0.4) is 0 Å². The minimum atomic E-state index is -0.143. The zero-order valence-corrected chi connectivity index (χ0v) is 19.3. The fraction of sp³-hybridized carbons (Fsp3) is 0.440. The Morgan fingerprint density at radius 3 is 2.47 bits per heavy atom. The molecule has 0 atom stereocenters. The molecule has 1 aliphatic rings. The summed E-state index contributed by atoms with van der Waals surface area (Å²) in [6.45, 7) is 9.24. The van der Waals surface area contributed by atoms with Crippen molar-refractivity contribution in [3.8, 4) is 5.75 Å². The van der Waals surface area contributed by atoms with Crippen LogP contribution in [0.25, 0.3) is 0 Å². The van der Waals surface area contributed by atoms with Crippen LogP contribution in [-0.2, 0) is 16.1 Å². The Kier molecular flexibility index (Phi) is 8.64. The lowest BCUT2D eigenvalue weighted by Crippen LogP contribution is -2.51. The molecule has 0 bridgehead atoms. The van der Waals surface area contributed by atoms with Crippen molar-refractivity contribution >= 4 is 17.5 Å². The van der Waals surface area contributed by atoms with Gasteiger partial charge in [-0.05, 0) is 36.7 Å². The van der Waals surface area contributed by atoms with Gasteiger partial charge in [0.2, 0.25) is 11.8 Å². The maximum absolute atomic E-state index is 12.8. The summed E-state index contributed by atoms with van der Waals surface area (Å²) in [6.07, 6.45) is 0. The molecule has 0 spiro atoms. The van der Waals surface area contributed by atoms with Crippen LogP contribution >= 0.6 is 0 Å². The molecule has 1 heterocycles. The molecule has 2 amide bonds. The molecule has 1 fully saturated rings. The van der Waals surface area contributed by atoms with Gasteiger partial charge in [-0.1, -0.05) is 37.3 Å². The zero-order chi connectivity index (χ0) is 22.9. The maximum Gasteiger partial charge on any atom is 0.238 e. The van der Waals surface area contributed by atoms with Crippen LogP contribution in [0.5, 0.6) is 5.75 Å². The van der Waals surface area contributed by atoms with Crippen LogP contribution in [-0.4, -0.2) is 79.4 Å². The van der Waals surface area contributed by atoms with Gasteiger partial charge in [-0.2, -0.15) is 0 Å². The number of carbonyl (C=O) groups excluding carboxylic acids is 2. The number of methoxy groups -OCH3 is 1. The third-order valence-corrected chi connectivity index (χ3v) is 5.91. The maximum atomic E-state index is 12.8. The number of benzene rings is 2. The molecule has 172 valence electrons. The lowest BCUT2D eigenvalue weighted by Gasteiger charge is -2.36. The summed E-state index contributed by atoms with van der Waals surface area (Å²) in [6, 6.07) is 15.7. The molecular weight excluding hydrogens is 404 g/mol. The molecule has 1 saturated heterocycles. The van der Waals surface area contributed by atoms with Crippen LogP contribution in [0.15, 0.2) is 48.5 Å². The van der Waals surface area contributed by atoms with E-state index in [1.54, 1.807) is 13.2 Å². The van der Waals surface area contributed by atoms with Gasteiger partial charge in [0.05, 0.1) is 20.2 Å². The van der Waals surface area contributed by atoms with E-state index in [0.717, 1.165) is 32.7 Å². The van der Waals surface area contributed by atoms with E-state index in [9.17, 15) is 9.59 Å². The van der Waals surface area contributed by atoms with Crippen LogP contribution in [0.2, 0.25) is 0 Å². The second-order valence-electron chi connectivity index (χ2n) is 8.17. The van der Waals surface area contributed by atoms with Crippen LogP contribution in [0.4, 0.5) is 5.69 Å². The molecule has 2 aromatic rings. The standard InChI is InChI=1S/C25H34N4O3/c1-4-27(18-24(30)26-22-10-7-11-23(16-22)32-3)19-25(31)29-14-12-28(13-15-29)17-21-9-6-5-8-20(21)2/h5-11,16H,4,12-15,17-19H2,1-3H3,(H,26,30). The average Bonchev–Trinajstić information content (AvgIpc) is 2.80. The highest BCUT2D eigenvalue weighted by Gasteiger charge is 2.23. The van der Waals surface area contributed by atoms with Gasteiger partial charge in [-0.3, -0.25) is 19.4 Å². The lowest BCUT2D eigenvalue weighted by atomic mass is 10.1. The Morgan fingerprint density at radius 2 is 1.78 bits per heavy atom. The minimum Gasteiger partial charge on any atom is -0.497 e. The van der Waals surface area contributed by atoms with Crippen molar-refractivity contribution in [2.24, 2.45) is 0 Å². The summed E-state index contributed by atoms with van der Waals surface area (Å²) in [5.41, 5.74) is 3.32. The van der Waals surface area contributed by atoms with Crippen molar-refractivity contribution in [2.75, 3.05) is 58.2 Å². The number of piperazine rings is 1. The van der Waals surface area contributed by atoms with Gasteiger partial charge in [-0.15, -0.1) is 0 Å². The van der Waals surface area contributed by atoms with Crippen LogP contribution in [0, 0.1) is 6.92 Å². The molecule has 0 saturated carbocycles. The quantitative estimate of drug-likeness (QED) is 0.652. The number of ether oxygens (including phenoxy) is 1. The molecule has 3 rings (SSSR count). The molecule has 2 aromatic carbocycles. The predicted molar refractivity (Wildman–Crippen MR) is 127 cm³/mol. The normalized spacial score (nSPS) is 14.4. The largest absolute Gasteiger partial charge is 0.497 e. The van der Waals surface area contributed by atoms with E-state index in [4.69, 9.17) is 4.74 Å². The second kappa shape index (κ2) is 11.6. The van der Waals surface area contributed by atoms with Gasteiger partial charge < -0.3 is 15.0 Å². The molecule has 32 heavy (non-hydrogen) atoms. The number of likely N-dealkylation sites (N-methyl/N-ethyl adjacent to an activating group) is 1. The van der Waals surface area contributed by atoms with Gasteiger partial charge in [0, 0.05) is 44.5 Å². The van der Waals surface area contributed by atoms with E-state index in [0.29, 0.717) is 18.0 Å². The average molecular weight is 439 g/mol. The monoisotopic (exact) mass is 438 g/mol. The third kappa shape index (κ3) is 6.80. The highest BCUT2D eigenvalue weighted by Crippen LogP contribution is 2.17. The summed E-state index contributed by atoms with van der Waals surface area (Å²) < 4.78 is 5.19. The smallest absolute Gasteiger partial charge is 0.238 e. The zero-order valence-electron chi connectivity index (χ0n) is 19.3. The minimum absolute atomic E-state index is 0.0802. The summed E-state index contributed by atoms with van der Waals surface area (Å²) in [4.78, 5) is 31.5. The van der Waals surface area contributed by atoms with E-state index in [1.165, 1.54) is 11.1 Å². The Labute approximate surface area is 190 Å². The number of hydrogen-bond acceptors (Lipinski definition) is 5. The highest BCUT2D eigenvalue weighted by atomic mass is 16.5. The molecule has 7 heteroatoms. The van der Waals surface area contributed by atoms with Crippen LogP contribution < -0.4 is 10.1 Å². The first-order chi connectivity index (χ1) is 15.5. The SMILES string of the molecule is CCN(CC(=O)Nc1cccc(OC)c1)CC(=O)N1CCN(Cc2ccccc2C)CC1. The molecule has 0 aromatic heterocycles. The second-order valence-corrected chi connectivity index (χ2v) is 8.17. The van der Waals surface area contributed by atoms with E-state index < -0.39 is 0 Å². The number of aryl methyl sites for hydroxylation is 1. The van der Waals surface area contributed by atoms with E-state index in [-0.39, 0.29) is 24.9 Å². The topological polar surface area (TPSA) is 65.1 Å². The number of rotatable bonds is 9. The van der Waals surface area contributed by atoms with Gasteiger partial charge in [-0.25, -0.2) is 0 Å². The fourth-order valence-electron chi connectivity index (χ4n) is 3.86. The third-order valence-electron chi connectivity index (χ3n) is 5.91. The van der Waals surface area contributed by atoms with Crippen molar-refractivity contribution in [2.45, 2.75) is 20.4 Å². The first-order valence-corrected chi connectivity index (χ1v) is 11.2. The van der Waals surface area contributed by atoms with E-state index in [1.807, 2.05) is 34.9 Å². The number of nitrogens with one attached hydrogen (secondary N) is 1. The molecular formula is C25H34N4O3. The summed E-state index contributed by atoms with van der Waals surface area (Å²) in [5.74, 6) is 0.624. The fourth-order valence-corrected chi connectivity index (χ4v) is 3.86. The van der Waals surface area contributed by atoms with E-state index >= 15 is 0 Å². The highest BCUT2D eigenvalue weighted by molar-refractivity contribution is 5.92. The number of amides is 2.